The zero-order chi connectivity index (χ0) is 27.8. The van der Waals surface area contributed by atoms with Gasteiger partial charge in [-0.2, -0.15) is 11.8 Å². The lowest BCUT2D eigenvalue weighted by molar-refractivity contribution is -0.149. The molecule has 1 aliphatic heterocycles. The van der Waals surface area contributed by atoms with Crippen LogP contribution in [0.3, 0.4) is 0 Å². The number of carbonyl (C=O) groups is 4. The number of nitrogens with two attached hydrogens (primary N) is 1. The van der Waals surface area contributed by atoms with Crippen molar-refractivity contribution in [2.75, 3.05) is 18.6 Å². The molecule has 10 nitrogen and oxygen atoms in total. The number of carboxylic acid groups (broad SMARTS) is 1. The van der Waals surface area contributed by atoms with E-state index >= 15 is 0 Å². The molecule has 2 aromatic rings. The summed E-state index contributed by atoms with van der Waals surface area (Å²) in [6.07, 6.45) is 6.00. The first-order valence-corrected chi connectivity index (χ1v) is 14.5. The van der Waals surface area contributed by atoms with Crippen LogP contribution in [0.2, 0.25) is 0 Å². The van der Waals surface area contributed by atoms with Crippen LogP contribution < -0.4 is 16.4 Å². The van der Waals surface area contributed by atoms with E-state index in [1.165, 1.54) is 16.7 Å². The molecule has 3 amide bonds. The number of H-pyrrole nitrogens is 1. The molecular formula is C27H39N5O5S. The standard InChI is InChI=1S/C27H39N5O5S/c1-4-16(2)23(31-24(33)19(28)14-17-15-29-20-9-6-5-8-18(17)20)25(34)30-21(11-13-38-3)26(35)32-12-7-10-22(32)27(36)37/h5-6,8-9,15-16,19,21-23,29H,4,7,10-14,28H2,1-3H3,(H,30,34)(H,31,33)(H,36,37). The van der Waals surface area contributed by atoms with E-state index in [0.29, 0.717) is 44.4 Å². The third-order valence-corrected chi connectivity index (χ3v) is 7.93. The van der Waals surface area contributed by atoms with E-state index in [-0.39, 0.29) is 5.92 Å². The normalized spacial score (nSPS) is 18.5. The fraction of sp³-hybridized carbons (Fsp3) is 0.556. The summed E-state index contributed by atoms with van der Waals surface area (Å²) < 4.78 is 0. The molecule has 6 N–H and O–H groups in total. The fourth-order valence-corrected chi connectivity index (χ4v) is 5.31. The Morgan fingerprint density at radius 2 is 1.95 bits per heavy atom. The van der Waals surface area contributed by atoms with Gasteiger partial charge in [0.15, 0.2) is 0 Å². The molecular weight excluding hydrogens is 506 g/mol. The van der Waals surface area contributed by atoms with Gasteiger partial charge in [-0.15, -0.1) is 0 Å². The molecule has 1 saturated heterocycles. The van der Waals surface area contributed by atoms with Gasteiger partial charge in [-0.3, -0.25) is 14.4 Å². The monoisotopic (exact) mass is 545 g/mol. The predicted molar refractivity (Wildman–Crippen MR) is 149 cm³/mol. The van der Waals surface area contributed by atoms with Gasteiger partial charge in [0.25, 0.3) is 0 Å². The summed E-state index contributed by atoms with van der Waals surface area (Å²) in [6, 6.07) is 4.23. The number of aromatic nitrogens is 1. The van der Waals surface area contributed by atoms with Gasteiger partial charge in [0, 0.05) is 23.6 Å². The molecule has 0 saturated carbocycles. The number of carboxylic acids is 1. The van der Waals surface area contributed by atoms with Crippen molar-refractivity contribution in [3.05, 3.63) is 36.0 Å². The van der Waals surface area contributed by atoms with Gasteiger partial charge < -0.3 is 31.4 Å². The van der Waals surface area contributed by atoms with E-state index in [9.17, 15) is 24.3 Å². The third kappa shape index (κ3) is 7.08. The first-order chi connectivity index (χ1) is 18.2. The number of likely N-dealkylation sites (tertiary alicyclic amines) is 1. The lowest BCUT2D eigenvalue weighted by atomic mass is 9.96. The van der Waals surface area contributed by atoms with Crippen molar-refractivity contribution in [1.29, 1.82) is 0 Å². The largest absolute Gasteiger partial charge is 0.480 e. The van der Waals surface area contributed by atoms with Gasteiger partial charge in [0.1, 0.15) is 18.1 Å². The molecule has 38 heavy (non-hydrogen) atoms. The molecule has 5 atom stereocenters. The average molecular weight is 546 g/mol. The molecule has 208 valence electrons. The molecule has 11 heteroatoms. The molecule has 5 unspecified atom stereocenters. The van der Waals surface area contributed by atoms with E-state index in [2.05, 4.69) is 15.6 Å². The Hall–Kier alpha value is -3.05. The minimum Gasteiger partial charge on any atom is -0.480 e. The molecule has 0 bridgehead atoms. The van der Waals surface area contributed by atoms with Crippen LogP contribution in [0.25, 0.3) is 10.9 Å². The summed E-state index contributed by atoms with van der Waals surface area (Å²) in [4.78, 5) is 56.0. The second-order valence-corrected chi connectivity index (χ2v) is 10.9. The molecule has 0 spiro atoms. The van der Waals surface area contributed by atoms with Crippen LogP contribution in [0, 0.1) is 5.92 Å². The quantitative estimate of drug-likeness (QED) is 0.257. The molecule has 1 aromatic carbocycles. The van der Waals surface area contributed by atoms with Crippen LogP contribution in [0.4, 0.5) is 0 Å². The van der Waals surface area contributed by atoms with Crippen LogP contribution in [0.15, 0.2) is 30.5 Å². The highest BCUT2D eigenvalue weighted by Crippen LogP contribution is 2.21. The summed E-state index contributed by atoms with van der Waals surface area (Å²) in [6.45, 7) is 4.12. The van der Waals surface area contributed by atoms with Crippen molar-refractivity contribution in [3.8, 4) is 0 Å². The number of aromatic amines is 1. The number of aliphatic carboxylic acids is 1. The second-order valence-electron chi connectivity index (χ2n) is 9.91. The van der Waals surface area contributed by atoms with Gasteiger partial charge in [-0.25, -0.2) is 4.79 Å². The number of para-hydroxylation sites is 1. The first-order valence-electron chi connectivity index (χ1n) is 13.1. The molecule has 0 radical (unpaired) electrons. The zero-order valence-electron chi connectivity index (χ0n) is 22.2. The molecule has 1 aromatic heterocycles. The zero-order valence-corrected chi connectivity index (χ0v) is 23.1. The highest BCUT2D eigenvalue weighted by atomic mass is 32.2. The van der Waals surface area contributed by atoms with Crippen LogP contribution in [0.1, 0.15) is 45.1 Å². The number of hydrogen-bond acceptors (Lipinski definition) is 6. The summed E-state index contributed by atoms with van der Waals surface area (Å²) in [7, 11) is 0. The maximum absolute atomic E-state index is 13.4. The van der Waals surface area contributed by atoms with Crippen LogP contribution >= 0.6 is 11.8 Å². The van der Waals surface area contributed by atoms with Crippen LogP contribution in [-0.2, 0) is 25.6 Å². The van der Waals surface area contributed by atoms with Gasteiger partial charge in [-0.1, -0.05) is 38.5 Å². The van der Waals surface area contributed by atoms with Gasteiger partial charge in [0.2, 0.25) is 17.7 Å². The topological polar surface area (TPSA) is 158 Å². The summed E-state index contributed by atoms with van der Waals surface area (Å²) in [5.74, 6) is -1.97. The SMILES string of the molecule is CCC(C)C(NC(=O)C(N)Cc1c[nH]c2ccccc12)C(=O)NC(CCSC)C(=O)N1CCCC1C(=O)O. The van der Waals surface area contributed by atoms with Crippen LogP contribution in [0.5, 0.6) is 0 Å². The Labute approximate surface area is 227 Å². The number of thioether (sulfide) groups is 1. The highest BCUT2D eigenvalue weighted by molar-refractivity contribution is 7.98. The van der Waals surface area contributed by atoms with Crippen LogP contribution in [-0.4, -0.2) is 81.4 Å². The van der Waals surface area contributed by atoms with E-state index in [1.807, 2.05) is 50.6 Å². The van der Waals surface area contributed by atoms with E-state index < -0.39 is 47.9 Å². The minimum atomic E-state index is -1.04. The molecule has 2 heterocycles. The van der Waals surface area contributed by atoms with Crippen molar-refractivity contribution < 1.29 is 24.3 Å². The number of carbonyl (C=O) groups excluding carboxylic acids is 3. The number of nitrogens with one attached hydrogen (secondary N) is 3. The van der Waals surface area contributed by atoms with Crippen molar-refractivity contribution in [2.45, 2.75) is 70.1 Å². The van der Waals surface area contributed by atoms with Crippen molar-refractivity contribution >= 4 is 46.4 Å². The molecule has 3 rings (SSSR count). The lowest BCUT2D eigenvalue weighted by Gasteiger charge is -2.30. The van der Waals surface area contributed by atoms with Gasteiger partial charge >= 0.3 is 5.97 Å². The van der Waals surface area contributed by atoms with E-state index in [0.717, 1.165) is 16.5 Å². The smallest absolute Gasteiger partial charge is 0.326 e. The average Bonchev–Trinajstić information content (AvgIpc) is 3.56. The van der Waals surface area contributed by atoms with Gasteiger partial charge in [-0.05, 0) is 55.2 Å². The van der Waals surface area contributed by atoms with Gasteiger partial charge in [0.05, 0.1) is 6.04 Å². The lowest BCUT2D eigenvalue weighted by Crippen LogP contribution is -2.59. The molecule has 0 aliphatic carbocycles. The van der Waals surface area contributed by atoms with Crippen molar-refractivity contribution in [3.63, 3.8) is 0 Å². The Morgan fingerprint density at radius 1 is 1.21 bits per heavy atom. The Bertz CT molecular complexity index is 1140. The van der Waals surface area contributed by atoms with Crippen molar-refractivity contribution in [2.24, 2.45) is 11.7 Å². The second kappa shape index (κ2) is 13.7. The number of rotatable bonds is 13. The van der Waals surface area contributed by atoms with E-state index in [1.54, 1.807) is 0 Å². The summed E-state index contributed by atoms with van der Waals surface area (Å²) in [5.41, 5.74) is 8.12. The summed E-state index contributed by atoms with van der Waals surface area (Å²) >= 11 is 1.53. The predicted octanol–water partition coefficient (Wildman–Crippen LogP) is 1.88. The van der Waals surface area contributed by atoms with Crippen molar-refractivity contribution in [1.82, 2.24) is 20.5 Å². The summed E-state index contributed by atoms with van der Waals surface area (Å²) in [5, 5.41) is 16.1. The number of amides is 3. The minimum absolute atomic E-state index is 0.214. The first kappa shape index (κ1) is 29.5. The Morgan fingerprint density at radius 3 is 2.63 bits per heavy atom. The maximum atomic E-state index is 13.4. The highest BCUT2D eigenvalue weighted by Gasteiger charge is 2.38. The molecule has 1 aliphatic rings. The van der Waals surface area contributed by atoms with E-state index in [4.69, 9.17) is 5.73 Å². The Kier molecular flexibility index (Phi) is 10.6. The number of benzene rings is 1. The molecule has 1 fully saturated rings. The fourth-order valence-electron chi connectivity index (χ4n) is 4.83. The maximum Gasteiger partial charge on any atom is 0.326 e. The number of fused-ring (bicyclic) bond motifs is 1. The number of nitrogens with zero attached hydrogens (tertiary/aromatic N) is 1. The Balaban J connectivity index is 1.71. The number of hydrogen-bond donors (Lipinski definition) is 5. The third-order valence-electron chi connectivity index (χ3n) is 7.29.